The fraction of sp³-hybridized carbons (Fsp3) is 0.429. The van der Waals surface area contributed by atoms with E-state index in [0.717, 1.165) is 24.3 Å². The van der Waals surface area contributed by atoms with E-state index in [9.17, 15) is 5.11 Å². The molecule has 0 spiro atoms. The summed E-state index contributed by atoms with van der Waals surface area (Å²) in [5.41, 5.74) is 0.804. The molecular formula is C7H9N3O. The predicted molar refractivity (Wildman–Crippen MR) is 40.1 cm³/mol. The van der Waals surface area contributed by atoms with E-state index < -0.39 is 6.10 Å². The second-order valence-corrected chi connectivity index (χ2v) is 2.56. The number of aliphatic hydroxyl groups excluding tert-OH is 1. The number of nitrogens with one attached hydrogen (secondary N) is 1. The zero-order chi connectivity index (χ0) is 7.68. The van der Waals surface area contributed by atoms with Crippen molar-refractivity contribution >= 4 is 5.82 Å². The topological polar surface area (TPSA) is 58.0 Å². The molecule has 0 aromatic carbocycles. The number of nitrogens with zero attached hydrogens (tertiary/aromatic N) is 2. The third kappa shape index (κ3) is 1.05. The highest BCUT2D eigenvalue weighted by molar-refractivity contribution is 5.45. The maximum Gasteiger partial charge on any atom is 0.135 e. The SMILES string of the molecule is OC1CCNc2ncncc21. The van der Waals surface area contributed by atoms with Crippen molar-refractivity contribution in [3.63, 3.8) is 0 Å². The molecular weight excluding hydrogens is 142 g/mol. The van der Waals surface area contributed by atoms with Crippen LogP contribution < -0.4 is 5.32 Å². The molecule has 1 unspecified atom stereocenters. The van der Waals surface area contributed by atoms with Gasteiger partial charge in [-0.25, -0.2) is 9.97 Å². The summed E-state index contributed by atoms with van der Waals surface area (Å²) in [4.78, 5) is 7.82. The van der Waals surface area contributed by atoms with E-state index in [1.54, 1.807) is 6.20 Å². The Hall–Kier alpha value is -1.16. The normalized spacial score (nSPS) is 22.1. The lowest BCUT2D eigenvalue weighted by molar-refractivity contribution is 0.167. The van der Waals surface area contributed by atoms with Crippen LogP contribution in [0.1, 0.15) is 18.1 Å². The number of fused-ring (bicyclic) bond motifs is 1. The monoisotopic (exact) mass is 151 g/mol. The van der Waals surface area contributed by atoms with Gasteiger partial charge >= 0.3 is 0 Å². The smallest absolute Gasteiger partial charge is 0.135 e. The van der Waals surface area contributed by atoms with Crippen molar-refractivity contribution in [1.29, 1.82) is 0 Å². The summed E-state index contributed by atoms with van der Waals surface area (Å²) < 4.78 is 0. The van der Waals surface area contributed by atoms with Gasteiger partial charge < -0.3 is 10.4 Å². The van der Waals surface area contributed by atoms with E-state index in [1.807, 2.05) is 0 Å². The van der Waals surface area contributed by atoms with E-state index in [2.05, 4.69) is 15.3 Å². The van der Waals surface area contributed by atoms with Crippen LogP contribution in [0.4, 0.5) is 5.82 Å². The molecule has 1 atom stereocenters. The van der Waals surface area contributed by atoms with Crippen LogP contribution in [-0.2, 0) is 0 Å². The largest absolute Gasteiger partial charge is 0.388 e. The summed E-state index contributed by atoms with van der Waals surface area (Å²) in [7, 11) is 0. The standard InChI is InChI=1S/C7H9N3O/c11-6-1-2-9-7-5(6)3-8-4-10-7/h3-4,6,11H,1-2H2,(H,8,9,10). The van der Waals surface area contributed by atoms with Gasteiger partial charge in [0, 0.05) is 18.3 Å². The molecule has 0 radical (unpaired) electrons. The van der Waals surface area contributed by atoms with Gasteiger partial charge in [-0.15, -0.1) is 0 Å². The first kappa shape index (κ1) is 6.54. The molecule has 4 heteroatoms. The molecule has 0 saturated carbocycles. The Morgan fingerprint density at radius 2 is 2.55 bits per heavy atom. The lowest BCUT2D eigenvalue weighted by Crippen LogP contribution is -2.17. The molecule has 0 bridgehead atoms. The van der Waals surface area contributed by atoms with Crippen LogP contribution in [0.5, 0.6) is 0 Å². The molecule has 1 aliphatic rings. The first-order valence-electron chi connectivity index (χ1n) is 3.60. The van der Waals surface area contributed by atoms with Crippen molar-refractivity contribution in [3.05, 3.63) is 18.1 Å². The highest BCUT2D eigenvalue weighted by atomic mass is 16.3. The summed E-state index contributed by atoms with van der Waals surface area (Å²) in [5.74, 6) is 0.763. The Labute approximate surface area is 64.3 Å². The molecule has 0 aliphatic carbocycles. The van der Waals surface area contributed by atoms with Crippen LogP contribution in [0.25, 0.3) is 0 Å². The molecule has 4 nitrogen and oxygen atoms in total. The van der Waals surface area contributed by atoms with Gasteiger partial charge in [0.15, 0.2) is 0 Å². The Morgan fingerprint density at radius 3 is 3.36 bits per heavy atom. The summed E-state index contributed by atoms with van der Waals surface area (Å²) in [6.45, 7) is 0.783. The van der Waals surface area contributed by atoms with Crippen molar-refractivity contribution in [2.75, 3.05) is 11.9 Å². The number of aliphatic hydroxyl groups is 1. The maximum absolute atomic E-state index is 9.44. The van der Waals surface area contributed by atoms with E-state index in [4.69, 9.17) is 0 Å². The van der Waals surface area contributed by atoms with Crippen LogP contribution >= 0.6 is 0 Å². The molecule has 1 aliphatic heterocycles. The first-order chi connectivity index (χ1) is 5.38. The lowest BCUT2D eigenvalue weighted by atomic mass is 10.1. The molecule has 2 heterocycles. The van der Waals surface area contributed by atoms with Gasteiger partial charge in [0.1, 0.15) is 12.1 Å². The molecule has 58 valence electrons. The van der Waals surface area contributed by atoms with Crippen molar-refractivity contribution < 1.29 is 5.11 Å². The van der Waals surface area contributed by atoms with Crippen molar-refractivity contribution in [3.8, 4) is 0 Å². The number of rotatable bonds is 0. The number of aromatic nitrogens is 2. The minimum Gasteiger partial charge on any atom is -0.388 e. The minimum absolute atomic E-state index is 0.396. The number of hydrogen-bond donors (Lipinski definition) is 2. The fourth-order valence-corrected chi connectivity index (χ4v) is 1.21. The van der Waals surface area contributed by atoms with Gasteiger partial charge in [0.05, 0.1) is 6.10 Å². The van der Waals surface area contributed by atoms with Crippen molar-refractivity contribution in [1.82, 2.24) is 9.97 Å². The van der Waals surface area contributed by atoms with Gasteiger partial charge in [0.2, 0.25) is 0 Å². The van der Waals surface area contributed by atoms with Crippen molar-refractivity contribution in [2.45, 2.75) is 12.5 Å². The number of anilines is 1. The van der Waals surface area contributed by atoms with Crippen LogP contribution in [0.3, 0.4) is 0 Å². The third-order valence-corrected chi connectivity index (χ3v) is 1.81. The van der Waals surface area contributed by atoms with Gasteiger partial charge in [0.25, 0.3) is 0 Å². The van der Waals surface area contributed by atoms with E-state index in [1.165, 1.54) is 6.33 Å². The molecule has 1 aromatic heterocycles. The number of hydrogen-bond acceptors (Lipinski definition) is 4. The highest BCUT2D eigenvalue weighted by Crippen LogP contribution is 2.25. The second-order valence-electron chi connectivity index (χ2n) is 2.56. The molecule has 0 fully saturated rings. The average Bonchev–Trinajstić information content (AvgIpc) is 2.06. The van der Waals surface area contributed by atoms with Crippen LogP contribution in [0.2, 0.25) is 0 Å². The van der Waals surface area contributed by atoms with Gasteiger partial charge in [-0.1, -0.05) is 0 Å². The average molecular weight is 151 g/mol. The quantitative estimate of drug-likeness (QED) is 0.561. The summed E-state index contributed by atoms with van der Waals surface area (Å²) in [6, 6.07) is 0. The zero-order valence-electron chi connectivity index (χ0n) is 5.99. The molecule has 2 N–H and O–H groups in total. The Morgan fingerprint density at radius 1 is 1.64 bits per heavy atom. The van der Waals surface area contributed by atoms with Gasteiger partial charge in [-0.3, -0.25) is 0 Å². The lowest BCUT2D eigenvalue weighted by Gasteiger charge is -2.20. The van der Waals surface area contributed by atoms with E-state index in [-0.39, 0.29) is 0 Å². The first-order valence-corrected chi connectivity index (χ1v) is 3.60. The van der Waals surface area contributed by atoms with Crippen LogP contribution in [-0.4, -0.2) is 21.6 Å². The van der Waals surface area contributed by atoms with E-state index >= 15 is 0 Å². The highest BCUT2D eigenvalue weighted by Gasteiger charge is 2.17. The molecule has 1 aromatic rings. The molecule has 0 saturated heterocycles. The summed E-state index contributed by atoms with van der Waals surface area (Å²) in [6.07, 6.45) is 3.47. The zero-order valence-corrected chi connectivity index (χ0v) is 5.99. The second kappa shape index (κ2) is 2.47. The molecule has 0 amide bonds. The van der Waals surface area contributed by atoms with Gasteiger partial charge in [-0.05, 0) is 6.42 Å². The Bertz CT molecular complexity index is 264. The molecule has 11 heavy (non-hydrogen) atoms. The van der Waals surface area contributed by atoms with E-state index in [0.29, 0.717) is 0 Å². The summed E-state index contributed by atoms with van der Waals surface area (Å²) >= 11 is 0. The Kier molecular flexibility index (Phi) is 1.47. The summed E-state index contributed by atoms with van der Waals surface area (Å²) in [5, 5.41) is 12.5. The Balaban J connectivity index is 2.44. The van der Waals surface area contributed by atoms with Gasteiger partial charge in [-0.2, -0.15) is 0 Å². The molecule has 2 rings (SSSR count). The fourth-order valence-electron chi connectivity index (χ4n) is 1.21. The van der Waals surface area contributed by atoms with Crippen molar-refractivity contribution in [2.24, 2.45) is 0 Å². The minimum atomic E-state index is -0.396. The van der Waals surface area contributed by atoms with Crippen LogP contribution in [0.15, 0.2) is 12.5 Å². The third-order valence-electron chi connectivity index (χ3n) is 1.81. The van der Waals surface area contributed by atoms with Crippen LogP contribution in [0, 0.1) is 0 Å². The maximum atomic E-state index is 9.44. The predicted octanol–water partition coefficient (Wildman–Crippen LogP) is 0.326.